The lowest BCUT2D eigenvalue weighted by Gasteiger charge is -2.01. The molecule has 0 radical (unpaired) electrons. The summed E-state index contributed by atoms with van der Waals surface area (Å²) < 4.78 is 30.2. The van der Waals surface area contributed by atoms with Gasteiger partial charge in [-0.1, -0.05) is 18.2 Å². The largest absolute Gasteiger partial charge is 0.467 e. The van der Waals surface area contributed by atoms with Crippen molar-refractivity contribution < 1.29 is 17.6 Å². The van der Waals surface area contributed by atoms with Crippen LogP contribution in [0.2, 0.25) is 0 Å². The summed E-state index contributed by atoms with van der Waals surface area (Å²) in [6.45, 7) is 0.254. The van der Waals surface area contributed by atoms with Crippen LogP contribution in [-0.2, 0) is 16.4 Å². The second kappa shape index (κ2) is 6.39. The summed E-state index contributed by atoms with van der Waals surface area (Å²) in [6.07, 6.45) is 1.52. The van der Waals surface area contributed by atoms with Crippen molar-refractivity contribution in [2.75, 3.05) is 0 Å². The van der Waals surface area contributed by atoms with Crippen molar-refractivity contribution in [3.63, 3.8) is 0 Å². The fourth-order valence-corrected chi connectivity index (χ4v) is 4.62. The number of carbonyl (C=O) groups is 1. The third-order valence-electron chi connectivity index (χ3n) is 3.13. The van der Waals surface area contributed by atoms with Gasteiger partial charge in [0.1, 0.15) is 9.97 Å². The predicted molar refractivity (Wildman–Crippen MR) is 86.1 cm³/mol. The SMILES string of the molecule is O=C(NCc1ccco1)c1ccc(S(=O)(=O)c2ccccc2)s1. The maximum absolute atomic E-state index is 12.5. The molecule has 0 unspecified atom stereocenters. The Morgan fingerprint density at radius 1 is 1.04 bits per heavy atom. The molecule has 0 saturated heterocycles. The van der Waals surface area contributed by atoms with Gasteiger partial charge in [0.15, 0.2) is 0 Å². The van der Waals surface area contributed by atoms with Crippen LogP contribution in [0.15, 0.2) is 74.4 Å². The monoisotopic (exact) mass is 347 g/mol. The first-order chi connectivity index (χ1) is 11.1. The van der Waals surface area contributed by atoms with Crippen LogP contribution >= 0.6 is 11.3 Å². The minimum Gasteiger partial charge on any atom is -0.467 e. The Labute approximate surface area is 137 Å². The Hall–Kier alpha value is -2.38. The van der Waals surface area contributed by atoms with E-state index in [2.05, 4.69) is 5.32 Å². The zero-order chi connectivity index (χ0) is 16.3. The lowest BCUT2D eigenvalue weighted by Crippen LogP contribution is -2.21. The van der Waals surface area contributed by atoms with Crippen LogP contribution < -0.4 is 5.32 Å². The number of sulfone groups is 1. The fraction of sp³-hybridized carbons (Fsp3) is 0.0625. The van der Waals surface area contributed by atoms with Crippen molar-refractivity contribution in [3.8, 4) is 0 Å². The van der Waals surface area contributed by atoms with Gasteiger partial charge in [-0.05, 0) is 36.4 Å². The molecule has 0 saturated carbocycles. The molecule has 7 heteroatoms. The maximum Gasteiger partial charge on any atom is 0.261 e. The number of rotatable bonds is 5. The molecular formula is C16H13NO4S2. The summed E-state index contributed by atoms with van der Waals surface area (Å²) in [5, 5.41) is 2.69. The highest BCUT2D eigenvalue weighted by Crippen LogP contribution is 2.27. The molecule has 2 heterocycles. The average molecular weight is 347 g/mol. The van der Waals surface area contributed by atoms with Gasteiger partial charge in [0.25, 0.3) is 5.91 Å². The molecule has 0 atom stereocenters. The molecule has 0 bridgehead atoms. The summed E-state index contributed by atoms with van der Waals surface area (Å²) >= 11 is 0.949. The summed E-state index contributed by atoms with van der Waals surface area (Å²) in [7, 11) is -3.59. The summed E-state index contributed by atoms with van der Waals surface area (Å²) in [5.74, 6) is 0.299. The highest BCUT2D eigenvalue weighted by Gasteiger charge is 2.21. The van der Waals surface area contributed by atoms with E-state index in [4.69, 9.17) is 4.42 Å². The van der Waals surface area contributed by atoms with E-state index < -0.39 is 9.84 Å². The quantitative estimate of drug-likeness (QED) is 0.769. The van der Waals surface area contributed by atoms with Crippen LogP contribution in [0, 0.1) is 0 Å². The smallest absolute Gasteiger partial charge is 0.261 e. The zero-order valence-electron chi connectivity index (χ0n) is 11.9. The highest BCUT2D eigenvalue weighted by molar-refractivity contribution is 7.93. The van der Waals surface area contributed by atoms with Gasteiger partial charge in [-0.25, -0.2) is 8.42 Å². The van der Waals surface area contributed by atoms with Gasteiger partial charge in [-0.2, -0.15) is 0 Å². The number of furan rings is 1. The normalized spacial score (nSPS) is 11.3. The van der Waals surface area contributed by atoms with E-state index in [9.17, 15) is 13.2 Å². The minimum atomic E-state index is -3.59. The van der Waals surface area contributed by atoms with Crippen molar-refractivity contribution in [2.24, 2.45) is 0 Å². The van der Waals surface area contributed by atoms with Gasteiger partial charge in [0, 0.05) is 0 Å². The first-order valence-electron chi connectivity index (χ1n) is 6.78. The van der Waals surface area contributed by atoms with Crippen molar-refractivity contribution in [1.29, 1.82) is 0 Å². The first kappa shape index (κ1) is 15.5. The number of amides is 1. The molecule has 0 aliphatic rings. The van der Waals surface area contributed by atoms with Crippen LogP contribution in [0.3, 0.4) is 0 Å². The van der Waals surface area contributed by atoms with Gasteiger partial charge in [-0.3, -0.25) is 4.79 Å². The lowest BCUT2D eigenvalue weighted by molar-refractivity contribution is 0.0952. The van der Waals surface area contributed by atoms with Crippen LogP contribution in [-0.4, -0.2) is 14.3 Å². The zero-order valence-corrected chi connectivity index (χ0v) is 13.6. The molecule has 3 rings (SSSR count). The average Bonchev–Trinajstić information content (AvgIpc) is 3.25. The number of thiophene rings is 1. The first-order valence-corrected chi connectivity index (χ1v) is 9.08. The molecule has 23 heavy (non-hydrogen) atoms. The molecule has 0 aliphatic carbocycles. The molecule has 3 aromatic rings. The standard InChI is InChI=1S/C16H13NO4S2/c18-16(17-11-12-5-4-10-21-12)14-8-9-15(22-14)23(19,20)13-6-2-1-3-7-13/h1-10H,11H2,(H,17,18). The minimum absolute atomic E-state index is 0.145. The molecule has 2 aromatic heterocycles. The highest BCUT2D eigenvalue weighted by atomic mass is 32.2. The summed E-state index contributed by atoms with van der Waals surface area (Å²) in [5.41, 5.74) is 0. The predicted octanol–water partition coefficient (Wildman–Crippen LogP) is 3.10. The van der Waals surface area contributed by atoms with Gasteiger partial charge in [0.05, 0.1) is 22.6 Å². The number of hydrogen-bond donors (Lipinski definition) is 1. The van der Waals surface area contributed by atoms with Crippen LogP contribution in [0.25, 0.3) is 0 Å². The van der Waals surface area contributed by atoms with E-state index >= 15 is 0 Å². The third-order valence-corrected chi connectivity index (χ3v) is 6.47. The molecule has 5 nitrogen and oxygen atoms in total. The topological polar surface area (TPSA) is 76.4 Å². The van der Waals surface area contributed by atoms with E-state index in [1.54, 1.807) is 30.3 Å². The van der Waals surface area contributed by atoms with Crippen LogP contribution in [0.5, 0.6) is 0 Å². The van der Waals surface area contributed by atoms with Gasteiger partial charge >= 0.3 is 0 Å². The van der Waals surface area contributed by atoms with E-state index in [1.807, 2.05) is 0 Å². The van der Waals surface area contributed by atoms with E-state index in [1.165, 1.54) is 30.5 Å². The fourth-order valence-electron chi connectivity index (χ4n) is 1.97. The molecule has 0 spiro atoms. The maximum atomic E-state index is 12.5. The Bertz CT molecular complexity index is 897. The van der Waals surface area contributed by atoms with Crippen molar-refractivity contribution >= 4 is 27.1 Å². The third kappa shape index (κ3) is 3.35. The molecule has 118 valence electrons. The van der Waals surface area contributed by atoms with Crippen molar-refractivity contribution in [2.45, 2.75) is 15.6 Å². The van der Waals surface area contributed by atoms with Crippen LogP contribution in [0.4, 0.5) is 0 Å². The van der Waals surface area contributed by atoms with Gasteiger partial charge < -0.3 is 9.73 Å². The number of benzene rings is 1. The van der Waals surface area contributed by atoms with Crippen LogP contribution in [0.1, 0.15) is 15.4 Å². The Morgan fingerprint density at radius 3 is 2.52 bits per heavy atom. The molecular weight excluding hydrogens is 334 g/mol. The van der Waals surface area contributed by atoms with Crippen molar-refractivity contribution in [3.05, 3.63) is 71.5 Å². The molecule has 1 aromatic carbocycles. The Balaban J connectivity index is 1.76. The number of hydrogen-bond acceptors (Lipinski definition) is 5. The summed E-state index contributed by atoms with van der Waals surface area (Å²) in [6, 6.07) is 14.6. The Kier molecular flexibility index (Phi) is 4.31. The molecule has 1 amide bonds. The molecule has 0 aliphatic heterocycles. The van der Waals surface area contributed by atoms with Crippen molar-refractivity contribution in [1.82, 2.24) is 5.32 Å². The summed E-state index contributed by atoms with van der Waals surface area (Å²) in [4.78, 5) is 12.6. The van der Waals surface area contributed by atoms with Gasteiger partial charge in [0.2, 0.25) is 9.84 Å². The molecule has 0 fully saturated rings. The van der Waals surface area contributed by atoms with E-state index in [-0.39, 0.29) is 21.6 Å². The number of carbonyl (C=O) groups excluding carboxylic acids is 1. The molecule has 1 N–H and O–H groups in total. The lowest BCUT2D eigenvalue weighted by atomic mass is 10.4. The van der Waals surface area contributed by atoms with E-state index in [0.29, 0.717) is 10.6 Å². The van der Waals surface area contributed by atoms with E-state index in [0.717, 1.165) is 11.3 Å². The second-order valence-electron chi connectivity index (χ2n) is 4.70. The second-order valence-corrected chi connectivity index (χ2v) is 7.96. The number of nitrogens with one attached hydrogen (secondary N) is 1. The van der Waals surface area contributed by atoms with Gasteiger partial charge in [-0.15, -0.1) is 11.3 Å². The Morgan fingerprint density at radius 2 is 1.83 bits per heavy atom.